The highest BCUT2D eigenvalue weighted by atomic mass is 15.2. The number of hydrogen-bond acceptors (Lipinski definition) is 1. The molecule has 1 unspecified atom stereocenters. The number of nitrogens with zero attached hydrogens (tertiary/aromatic N) is 1. The molecule has 0 bridgehead atoms. The van der Waals surface area contributed by atoms with Gasteiger partial charge in [0.1, 0.15) is 0 Å². The lowest BCUT2D eigenvalue weighted by Crippen LogP contribution is -2.48. The van der Waals surface area contributed by atoms with Crippen LogP contribution in [0, 0.1) is 11.8 Å². The maximum atomic E-state index is 2.49. The van der Waals surface area contributed by atoms with Crippen LogP contribution in [0.2, 0.25) is 0 Å². The molecule has 1 nitrogen and oxygen atoms in total. The maximum Gasteiger partial charge on any atom is 0.0152 e. The smallest absolute Gasteiger partial charge is 0.0152 e. The fraction of sp³-hybridized carbons (Fsp3) is 1.00. The molecule has 86 valence electrons. The Morgan fingerprint density at radius 1 is 1.21 bits per heavy atom. The lowest BCUT2D eigenvalue weighted by molar-refractivity contribution is 0.0559. The molecule has 0 radical (unpaired) electrons. The van der Waals surface area contributed by atoms with E-state index in [1.54, 1.807) is 0 Å². The van der Waals surface area contributed by atoms with Crippen LogP contribution in [-0.4, -0.2) is 24.0 Å². The van der Waals surface area contributed by atoms with E-state index in [1.807, 2.05) is 13.8 Å². The highest BCUT2D eigenvalue weighted by molar-refractivity contribution is 4.88. The van der Waals surface area contributed by atoms with Crippen LogP contribution in [0.4, 0.5) is 0 Å². The lowest BCUT2D eigenvalue weighted by atomic mass is 9.77. The summed E-state index contributed by atoms with van der Waals surface area (Å²) in [7, 11) is 2.25. The molecule has 0 aliphatic carbocycles. The van der Waals surface area contributed by atoms with E-state index in [2.05, 4.69) is 39.6 Å². The summed E-state index contributed by atoms with van der Waals surface area (Å²) in [6.07, 6.45) is 2.75. The second-order valence-corrected chi connectivity index (χ2v) is 5.23. The SMILES string of the molecule is CC.CC(C)C1CCN(C)C(C)(C)C1. The van der Waals surface area contributed by atoms with Gasteiger partial charge >= 0.3 is 0 Å². The number of piperidine rings is 1. The molecule has 1 aliphatic rings. The third kappa shape index (κ3) is 3.61. The zero-order valence-electron chi connectivity index (χ0n) is 11.2. The topological polar surface area (TPSA) is 3.24 Å². The Morgan fingerprint density at radius 3 is 2.07 bits per heavy atom. The molecule has 1 aliphatic heterocycles. The van der Waals surface area contributed by atoms with Crippen molar-refractivity contribution in [3.8, 4) is 0 Å². The standard InChI is InChI=1S/C11H23N.C2H6/c1-9(2)10-6-7-12(5)11(3,4)8-10;1-2/h9-10H,6-8H2,1-5H3;1-2H3. The van der Waals surface area contributed by atoms with E-state index in [0.717, 1.165) is 11.8 Å². The van der Waals surface area contributed by atoms with E-state index in [1.165, 1.54) is 19.4 Å². The summed E-state index contributed by atoms with van der Waals surface area (Å²) in [5, 5.41) is 0. The summed E-state index contributed by atoms with van der Waals surface area (Å²) >= 11 is 0. The van der Waals surface area contributed by atoms with Gasteiger partial charge < -0.3 is 4.90 Å². The number of rotatable bonds is 1. The van der Waals surface area contributed by atoms with Gasteiger partial charge in [-0.1, -0.05) is 27.7 Å². The molecule has 1 heterocycles. The first-order valence-corrected chi connectivity index (χ1v) is 6.15. The second-order valence-electron chi connectivity index (χ2n) is 5.23. The third-order valence-electron chi connectivity index (χ3n) is 3.57. The van der Waals surface area contributed by atoms with Gasteiger partial charge in [0.25, 0.3) is 0 Å². The van der Waals surface area contributed by atoms with Gasteiger partial charge in [-0.25, -0.2) is 0 Å². The van der Waals surface area contributed by atoms with Crippen LogP contribution in [0.5, 0.6) is 0 Å². The average molecular weight is 199 g/mol. The molecule has 0 aromatic heterocycles. The average Bonchev–Trinajstić information content (AvgIpc) is 2.13. The van der Waals surface area contributed by atoms with E-state index in [-0.39, 0.29) is 0 Å². The van der Waals surface area contributed by atoms with Crippen molar-refractivity contribution < 1.29 is 0 Å². The largest absolute Gasteiger partial charge is 0.301 e. The summed E-state index contributed by atoms with van der Waals surface area (Å²) in [6, 6.07) is 0. The first-order chi connectivity index (χ1) is 6.43. The van der Waals surface area contributed by atoms with Gasteiger partial charge in [-0.2, -0.15) is 0 Å². The Bertz CT molecular complexity index is 149. The van der Waals surface area contributed by atoms with Crippen molar-refractivity contribution in [2.75, 3.05) is 13.6 Å². The second kappa shape index (κ2) is 5.75. The molecule has 0 aromatic carbocycles. The maximum absolute atomic E-state index is 2.49. The van der Waals surface area contributed by atoms with Crippen molar-refractivity contribution in [3.05, 3.63) is 0 Å². The van der Waals surface area contributed by atoms with E-state index in [0.29, 0.717) is 5.54 Å². The molecule has 0 aromatic rings. The van der Waals surface area contributed by atoms with Crippen molar-refractivity contribution in [3.63, 3.8) is 0 Å². The molecule has 0 N–H and O–H groups in total. The van der Waals surface area contributed by atoms with Gasteiger partial charge in [-0.15, -0.1) is 0 Å². The van der Waals surface area contributed by atoms with Crippen molar-refractivity contribution in [2.24, 2.45) is 11.8 Å². The normalized spacial score (nSPS) is 27.0. The first kappa shape index (κ1) is 14.0. The summed E-state index contributed by atoms with van der Waals surface area (Å²) in [4.78, 5) is 2.49. The van der Waals surface area contributed by atoms with Crippen LogP contribution in [-0.2, 0) is 0 Å². The summed E-state index contributed by atoms with van der Waals surface area (Å²) in [5.41, 5.74) is 0.424. The lowest BCUT2D eigenvalue weighted by Gasteiger charge is -2.44. The first-order valence-electron chi connectivity index (χ1n) is 6.15. The Kier molecular flexibility index (Phi) is 5.73. The van der Waals surface area contributed by atoms with Crippen LogP contribution in [0.25, 0.3) is 0 Å². The van der Waals surface area contributed by atoms with E-state index >= 15 is 0 Å². The monoisotopic (exact) mass is 199 g/mol. The van der Waals surface area contributed by atoms with Crippen molar-refractivity contribution in [1.29, 1.82) is 0 Å². The van der Waals surface area contributed by atoms with Gasteiger partial charge in [0.05, 0.1) is 0 Å². The predicted octanol–water partition coefficient (Wildman–Crippen LogP) is 3.79. The Hall–Kier alpha value is -0.0400. The van der Waals surface area contributed by atoms with Crippen LogP contribution >= 0.6 is 0 Å². The predicted molar refractivity (Wildman–Crippen MR) is 65.6 cm³/mol. The van der Waals surface area contributed by atoms with Gasteiger partial charge in [-0.05, 0) is 52.1 Å². The fourth-order valence-electron chi connectivity index (χ4n) is 2.13. The Morgan fingerprint density at radius 2 is 1.71 bits per heavy atom. The molecule has 1 rings (SSSR count). The molecule has 1 heteroatoms. The fourth-order valence-corrected chi connectivity index (χ4v) is 2.13. The van der Waals surface area contributed by atoms with E-state index in [9.17, 15) is 0 Å². The molecule has 1 atom stereocenters. The quantitative estimate of drug-likeness (QED) is 0.621. The van der Waals surface area contributed by atoms with Crippen LogP contribution in [0.15, 0.2) is 0 Å². The zero-order valence-corrected chi connectivity index (χ0v) is 11.2. The molecular formula is C13H29N. The number of likely N-dealkylation sites (tertiary alicyclic amines) is 1. The van der Waals surface area contributed by atoms with Crippen LogP contribution in [0.1, 0.15) is 54.4 Å². The van der Waals surface area contributed by atoms with E-state index in [4.69, 9.17) is 0 Å². The molecule has 1 saturated heterocycles. The highest BCUT2D eigenvalue weighted by Gasteiger charge is 2.33. The van der Waals surface area contributed by atoms with Gasteiger partial charge in [0, 0.05) is 5.54 Å². The molecule has 0 spiro atoms. The summed E-state index contributed by atoms with van der Waals surface area (Å²) in [5.74, 6) is 1.80. The molecular weight excluding hydrogens is 170 g/mol. The van der Waals surface area contributed by atoms with E-state index < -0.39 is 0 Å². The minimum atomic E-state index is 0.424. The van der Waals surface area contributed by atoms with Crippen molar-refractivity contribution >= 4 is 0 Å². The van der Waals surface area contributed by atoms with Gasteiger partial charge in [0.2, 0.25) is 0 Å². The van der Waals surface area contributed by atoms with Gasteiger partial charge in [-0.3, -0.25) is 0 Å². The highest BCUT2D eigenvalue weighted by Crippen LogP contribution is 2.33. The van der Waals surface area contributed by atoms with Crippen LogP contribution < -0.4 is 0 Å². The molecule has 14 heavy (non-hydrogen) atoms. The summed E-state index contributed by atoms with van der Waals surface area (Å²) < 4.78 is 0. The van der Waals surface area contributed by atoms with Gasteiger partial charge in [0.15, 0.2) is 0 Å². The Balaban J connectivity index is 0.000000791. The van der Waals surface area contributed by atoms with Crippen LogP contribution in [0.3, 0.4) is 0 Å². The molecule has 0 amide bonds. The minimum absolute atomic E-state index is 0.424. The third-order valence-corrected chi connectivity index (χ3v) is 3.57. The molecule has 1 fully saturated rings. The number of hydrogen-bond donors (Lipinski definition) is 0. The Labute approximate surface area is 90.9 Å². The van der Waals surface area contributed by atoms with Crippen molar-refractivity contribution in [2.45, 2.75) is 59.9 Å². The van der Waals surface area contributed by atoms with Crippen molar-refractivity contribution in [1.82, 2.24) is 4.90 Å². The molecule has 0 saturated carbocycles. The zero-order chi connectivity index (χ0) is 11.4. The minimum Gasteiger partial charge on any atom is -0.301 e. The summed E-state index contributed by atoms with van der Waals surface area (Å²) in [6.45, 7) is 14.7.